The third-order valence-corrected chi connectivity index (χ3v) is 4.10. The summed E-state index contributed by atoms with van der Waals surface area (Å²) in [6, 6.07) is 16.7. The van der Waals surface area contributed by atoms with Crippen molar-refractivity contribution >= 4 is 5.71 Å². The smallest absolute Gasteiger partial charge is 0.119 e. The summed E-state index contributed by atoms with van der Waals surface area (Å²) in [6.07, 6.45) is 2.75. The molecular formula is C18H19NO. The Morgan fingerprint density at radius 1 is 1.10 bits per heavy atom. The Morgan fingerprint density at radius 2 is 1.90 bits per heavy atom. The molecule has 102 valence electrons. The van der Waals surface area contributed by atoms with Crippen LogP contribution in [0, 0.1) is 5.41 Å². The number of nitrogens with one attached hydrogen (secondary N) is 1. The summed E-state index contributed by atoms with van der Waals surface area (Å²) < 4.78 is 5.34. The van der Waals surface area contributed by atoms with Gasteiger partial charge in [0.1, 0.15) is 5.75 Å². The zero-order valence-electron chi connectivity index (χ0n) is 11.7. The SMILES string of the molecule is COc1ccc2c(c1)C(Cc1ccccc1)C(=N)CC2. The molecule has 0 bridgehead atoms. The minimum absolute atomic E-state index is 0.191. The van der Waals surface area contributed by atoms with Gasteiger partial charge >= 0.3 is 0 Å². The van der Waals surface area contributed by atoms with Crippen LogP contribution in [0.4, 0.5) is 0 Å². The van der Waals surface area contributed by atoms with E-state index >= 15 is 0 Å². The molecule has 0 heterocycles. The van der Waals surface area contributed by atoms with Gasteiger partial charge in [-0.2, -0.15) is 0 Å². The summed E-state index contributed by atoms with van der Waals surface area (Å²) in [7, 11) is 1.70. The fourth-order valence-corrected chi connectivity index (χ4v) is 2.97. The molecule has 2 aromatic rings. The highest BCUT2D eigenvalue weighted by molar-refractivity contribution is 5.90. The first-order chi connectivity index (χ1) is 9.78. The predicted octanol–water partition coefficient (Wildman–Crippen LogP) is 3.99. The molecule has 0 aromatic heterocycles. The highest BCUT2D eigenvalue weighted by Gasteiger charge is 2.25. The molecular weight excluding hydrogens is 246 g/mol. The van der Waals surface area contributed by atoms with Crippen molar-refractivity contribution in [2.75, 3.05) is 7.11 Å². The van der Waals surface area contributed by atoms with E-state index in [1.807, 2.05) is 12.1 Å². The molecule has 0 aliphatic heterocycles. The number of rotatable bonds is 3. The van der Waals surface area contributed by atoms with Gasteiger partial charge in [-0.05, 0) is 48.1 Å². The number of hydrogen-bond acceptors (Lipinski definition) is 2. The Bertz CT molecular complexity index is 619. The van der Waals surface area contributed by atoms with E-state index in [9.17, 15) is 0 Å². The van der Waals surface area contributed by atoms with Crippen molar-refractivity contribution in [1.29, 1.82) is 5.41 Å². The van der Waals surface area contributed by atoms with Gasteiger partial charge in [-0.1, -0.05) is 36.4 Å². The molecule has 2 heteroatoms. The van der Waals surface area contributed by atoms with Crippen LogP contribution in [0.5, 0.6) is 5.75 Å². The lowest BCUT2D eigenvalue weighted by Crippen LogP contribution is -2.21. The molecule has 0 radical (unpaired) electrons. The number of benzene rings is 2. The number of ether oxygens (including phenoxy) is 1. The monoisotopic (exact) mass is 265 g/mol. The minimum Gasteiger partial charge on any atom is -0.497 e. The normalized spacial score (nSPS) is 17.6. The molecule has 0 fully saturated rings. The molecule has 1 aliphatic rings. The van der Waals surface area contributed by atoms with Gasteiger partial charge in [0.15, 0.2) is 0 Å². The average Bonchev–Trinajstić information content (AvgIpc) is 2.51. The molecule has 1 N–H and O–H groups in total. The van der Waals surface area contributed by atoms with Gasteiger partial charge in [-0.15, -0.1) is 0 Å². The number of hydrogen-bond donors (Lipinski definition) is 1. The summed E-state index contributed by atoms with van der Waals surface area (Å²) in [5, 5.41) is 8.31. The van der Waals surface area contributed by atoms with E-state index in [2.05, 4.69) is 36.4 Å². The maximum Gasteiger partial charge on any atom is 0.119 e. The van der Waals surface area contributed by atoms with Crippen molar-refractivity contribution in [3.63, 3.8) is 0 Å². The first-order valence-corrected chi connectivity index (χ1v) is 7.06. The summed E-state index contributed by atoms with van der Waals surface area (Å²) in [5.74, 6) is 1.08. The summed E-state index contributed by atoms with van der Waals surface area (Å²) in [5.41, 5.74) is 4.76. The zero-order chi connectivity index (χ0) is 13.9. The Labute approximate surface area is 119 Å². The van der Waals surface area contributed by atoms with Crippen LogP contribution in [0.3, 0.4) is 0 Å². The molecule has 0 amide bonds. The molecule has 1 unspecified atom stereocenters. The molecule has 2 nitrogen and oxygen atoms in total. The van der Waals surface area contributed by atoms with Gasteiger partial charge in [0.2, 0.25) is 0 Å². The molecule has 20 heavy (non-hydrogen) atoms. The van der Waals surface area contributed by atoms with Gasteiger partial charge in [0.05, 0.1) is 7.11 Å². The van der Waals surface area contributed by atoms with Crippen LogP contribution in [0.1, 0.15) is 29.0 Å². The number of methoxy groups -OCH3 is 1. The van der Waals surface area contributed by atoms with Gasteiger partial charge in [-0.25, -0.2) is 0 Å². The zero-order valence-corrected chi connectivity index (χ0v) is 11.7. The van der Waals surface area contributed by atoms with Crippen molar-refractivity contribution in [3.05, 3.63) is 65.2 Å². The molecule has 2 aromatic carbocycles. The molecule has 1 atom stereocenters. The second-order valence-electron chi connectivity index (χ2n) is 5.33. The molecule has 3 rings (SSSR count). The lowest BCUT2D eigenvalue weighted by atomic mass is 9.78. The third kappa shape index (κ3) is 2.46. The first kappa shape index (κ1) is 12.9. The van der Waals surface area contributed by atoms with Gasteiger partial charge < -0.3 is 10.1 Å². The van der Waals surface area contributed by atoms with Crippen molar-refractivity contribution in [3.8, 4) is 5.75 Å². The molecule has 1 aliphatic carbocycles. The van der Waals surface area contributed by atoms with Gasteiger partial charge in [0, 0.05) is 11.6 Å². The first-order valence-electron chi connectivity index (χ1n) is 7.06. The highest BCUT2D eigenvalue weighted by Crippen LogP contribution is 2.34. The van der Waals surface area contributed by atoms with E-state index in [1.54, 1.807) is 7.11 Å². The van der Waals surface area contributed by atoms with E-state index in [0.717, 1.165) is 30.7 Å². The molecule has 0 spiro atoms. The van der Waals surface area contributed by atoms with E-state index in [4.69, 9.17) is 10.1 Å². The third-order valence-electron chi connectivity index (χ3n) is 4.10. The summed E-state index contributed by atoms with van der Waals surface area (Å²) in [4.78, 5) is 0. The van der Waals surface area contributed by atoms with Crippen LogP contribution >= 0.6 is 0 Å². The van der Waals surface area contributed by atoms with Crippen LogP contribution in [-0.2, 0) is 12.8 Å². The topological polar surface area (TPSA) is 33.1 Å². The summed E-state index contributed by atoms with van der Waals surface area (Å²) in [6.45, 7) is 0. The Hall–Kier alpha value is -2.09. The van der Waals surface area contributed by atoms with Crippen LogP contribution in [0.2, 0.25) is 0 Å². The standard InChI is InChI=1S/C18H19NO/c1-20-15-9-7-14-8-10-18(19)17(16(14)12-15)11-13-5-3-2-4-6-13/h2-7,9,12,17,19H,8,10-11H2,1H3. The van der Waals surface area contributed by atoms with Crippen LogP contribution in [-0.4, -0.2) is 12.8 Å². The Kier molecular flexibility index (Phi) is 3.55. The van der Waals surface area contributed by atoms with E-state index in [0.29, 0.717) is 0 Å². The predicted molar refractivity (Wildman–Crippen MR) is 81.9 cm³/mol. The van der Waals surface area contributed by atoms with Crippen molar-refractivity contribution < 1.29 is 4.74 Å². The van der Waals surface area contributed by atoms with Crippen molar-refractivity contribution in [2.24, 2.45) is 0 Å². The van der Waals surface area contributed by atoms with Crippen molar-refractivity contribution in [1.82, 2.24) is 0 Å². The quantitative estimate of drug-likeness (QED) is 0.894. The van der Waals surface area contributed by atoms with E-state index in [1.165, 1.54) is 16.7 Å². The van der Waals surface area contributed by atoms with Crippen LogP contribution in [0.25, 0.3) is 0 Å². The van der Waals surface area contributed by atoms with E-state index < -0.39 is 0 Å². The maximum absolute atomic E-state index is 8.31. The molecule has 0 saturated carbocycles. The maximum atomic E-state index is 8.31. The number of aryl methyl sites for hydroxylation is 1. The molecule has 0 saturated heterocycles. The van der Waals surface area contributed by atoms with Crippen molar-refractivity contribution in [2.45, 2.75) is 25.2 Å². The Balaban J connectivity index is 1.96. The lowest BCUT2D eigenvalue weighted by Gasteiger charge is -2.27. The highest BCUT2D eigenvalue weighted by atomic mass is 16.5. The van der Waals surface area contributed by atoms with Gasteiger partial charge in [0.25, 0.3) is 0 Å². The second kappa shape index (κ2) is 5.49. The fraction of sp³-hybridized carbons (Fsp3) is 0.278. The fourth-order valence-electron chi connectivity index (χ4n) is 2.97. The average molecular weight is 265 g/mol. The summed E-state index contributed by atoms with van der Waals surface area (Å²) >= 11 is 0. The van der Waals surface area contributed by atoms with Crippen LogP contribution < -0.4 is 4.74 Å². The van der Waals surface area contributed by atoms with Crippen LogP contribution in [0.15, 0.2) is 48.5 Å². The second-order valence-corrected chi connectivity index (χ2v) is 5.33. The van der Waals surface area contributed by atoms with Gasteiger partial charge in [-0.3, -0.25) is 0 Å². The minimum atomic E-state index is 0.191. The lowest BCUT2D eigenvalue weighted by molar-refractivity contribution is 0.413. The van der Waals surface area contributed by atoms with E-state index in [-0.39, 0.29) is 5.92 Å². The Morgan fingerprint density at radius 3 is 2.65 bits per heavy atom. The number of fused-ring (bicyclic) bond motifs is 1. The largest absolute Gasteiger partial charge is 0.497 e.